The molecule has 1 N–H and O–H groups in total. The van der Waals surface area contributed by atoms with Crippen molar-refractivity contribution in [3.63, 3.8) is 0 Å². The maximum atomic E-state index is 12.3. The highest BCUT2D eigenvalue weighted by Crippen LogP contribution is 2.47. The number of pyridine rings is 1. The van der Waals surface area contributed by atoms with Gasteiger partial charge in [-0.05, 0) is 55.4 Å². The van der Waals surface area contributed by atoms with Gasteiger partial charge in [-0.25, -0.2) is 4.79 Å². The van der Waals surface area contributed by atoms with E-state index in [4.69, 9.17) is 0 Å². The number of aromatic nitrogens is 1. The molecular formula is C27H31N2O2+. The van der Waals surface area contributed by atoms with Crippen molar-refractivity contribution in [2.24, 2.45) is 11.8 Å². The van der Waals surface area contributed by atoms with Crippen LogP contribution in [0, 0.1) is 11.8 Å². The maximum Gasteiger partial charge on any atom is 0.394 e. The second-order valence-corrected chi connectivity index (χ2v) is 9.64. The summed E-state index contributed by atoms with van der Waals surface area (Å²) in [5, 5.41) is 14.3. The topological polar surface area (TPSA) is 44.4 Å². The zero-order chi connectivity index (χ0) is 21.6. The molecule has 0 bridgehead atoms. The Balaban J connectivity index is 1.41. The van der Waals surface area contributed by atoms with Gasteiger partial charge in [-0.1, -0.05) is 42.5 Å². The Hall–Kier alpha value is -2.72. The first-order valence-corrected chi connectivity index (χ1v) is 11.5. The summed E-state index contributed by atoms with van der Waals surface area (Å²) in [5.41, 5.74) is 1.56. The summed E-state index contributed by atoms with van der Waals surface area (Å²) in [6.07, 6.45) is 7.43. The van der Waals surface area contributed by atoms with E-state index in [1.54, 1.807) is 4.57 Å². The Morgan fingerprint density at radius 1 is 1.10 bits per heavy atom. The van der Waals surface area contributed by atoms with Crippen molar-refractivity contribution >= 4 is 22.4 Å². The molecular weight excluding hydrogens is 384 g/mol. The lowest BCUT2D eigenvalue weighted by molar-refractivity contribution is -0.576. The summed E-state index contributed by atoms with van der Waals surface area (Å²) in [4.78, 5) is 14.6. The molecule has 4 nitrogen and oxygen atoms in total. The van der Waals surface area contributed by atoms with Crippen molar-refractivity contribution in [2.45, 2.75) is 51.2 Å². The first kappa shape index (κ1) is 20.2. The SMILES string of the molecule is CC(C)C(=O)[n+]1ccc(N2CC[C@H]3CC[C@](O)(Cc4ccc5ccccc5c4)[C@H]32)cc1. The third-order valence-electron chi connectivity index (χ3n) is 7.24. The van der Waals surface area contributed by atoms with Gasteiger partial charge in [0.2, 0.25) is 0 Å². The van der Waals surface area contributed by atoms with E-state index in [-0.39, 0.29) is 17.9 Å². The Morgan fingerprint density at radius 3 is 2.58 bits per heavy atom. The van der Waals surface area contributed by atoms with E-state index in [2.05, 4.69) is 47.4 Å². The Kier molecular flexibility index (Phi) is 5.05. The molecule has 0 unspecified atom stereocenters. The first-order chi connectivity index (χ1) is 14.9. The number of fused-ring (bicyclic) bond motifs is 2. The van der Waals surface area contributed by atoms with Gasteiger partial charge in [-0.3, -0.25) is 0 Å². The van der Waals surface area contributed by atoms with Crippen LogP contribution in [0.1, 0.15) is 43.5 Å². The van der Waals surface area contributed by atoms with Crippen LogP contribution in [0.5, 0.6) is 0 Å². The highest BCUT2D eigenvalue weighted by Gasteiger charge is 2.53. The predicted octanol–water partition coefficient (Wildman–Crippen LogP) is 4.39. The van der Waals surface area contributed by atoms with E-state index in [1.807, 2.05) is 38.4 Å². The van der Waals surface area contributed by atoms with Crippen LogP contribution in [0.4, 0.5) is 5.69 Å². The molecule has 2 aromatic carbocycles. The number of nitrogens with zero attached hydrogens (tertiary/aromatic N) is 2. The molecule has 1 aromatic heterocycles. The highest BCUT2D eigenvalue weighted by atomic mass is 16.3. The normalized spacial score (nSPS) is 25.4. The van der Waals surface area contributed by atoms with Crippen LogP contribution in [0.3, 0.4) is 0 Å². The van der Waals surface area contributed by atoms with Crippen molar-refractivity contribution in [2.75, 3.05) is 11.4 Å². The van der Waals surface area contributed by atoms with E-state index in [0.717, 1.165) is 31.5 Å². The van der Waals surface area contributed by atoms with E-state index >= 15 is 0 Å². The number of anilines is 1. The van der Waals surface area contributed by atoms with Crippen LogP contribution in [0.2, 0.25) is 0 Å². The fraction of sp³-hybridized carbons (Fsp3) is 0.407. The number of carbonyl (C=O) groups is 1. The third-order valence-corrected chi connectivity index (χ3v) is 7.24. The van der Waals surface area contributed by atoms with Crippen LogP contribution in [0.15, 0.2) is 67.0 Å². The molecule has 2 fully saturated rings. The lowest BCUT2D eigenvalue weighted by Gasteiger charge is -2.37. The largest absolute Gasteiger partial charge is 0.394 e. The number of hydrogen-bond donors (Lipinski definition) is 1. The van der Waals surface area contributed by atoms with Crippen LogP contribution >= 0.6 is 0 Å². The molecule has 0 amide bonds. The highest BCUT2D eigenvalue weighted by molar-refractivity contribution is 5.83. The molecule has 1 saturated heterocycles. The van der Waals surface area contributed by atoms with Gasteiger partial charge in [0.15, 0.2) is 12.4 Å². The summed E-state index contributed by atoms with van der Waals surface area (Å²) in [7, 11) is 0. The van der Waals surface area contributed by atoms with Crippen LogP contribution in [-0.4, -0.2) is 29.2 Å². The van der Waals surface area contributed by atoms with Gasteiger partial charge in [-0.2, -0.15) is 0 Å². The van der Waals surface area contributed by atoms with E-state index in [0.29, 0.717) is 12.3 Å². The van der Waals surface area contributed by atoms with Crippen LogP contribution in [-0.2, 0) is 6.42 Å². The second kappa shape index (κ2) is 7.76. The number of hydrogen-bond acceptors (Lipinski definition) is 3. The average molecular weight is 416 g/mol. The number of rotatable bonds is 4. The summed E-state index contributed by atoms with van der Waals surface area (Å²) in [5.74, 6) is 0.587. The summed E-state index contributed by atoms with van der Waals surface area (Å²) in [6, 6.07) is 19.1. The molecule has 0 spiro atoms. The number of carbonyl (C=O) groups excluding carboxylic acids is 1. The fourth-order valence-electron chi connectivity index (χ4n) is 5.71. The standard InChI is InChI=1S/C27H31N2O2/c1-19(2)26(30)28-14-11-24(12-15-28)29-16-10-22-9-13-27(31,25(22)29)18-20-7-8-21-5-3-4-6-23(21)17-20/h3-8,11-12,14-15,17,19,22,25,31H,9-10,13,16,18H2,1-2H3/q+1/t22-,25+,27+/m1/s1. The Bertz CT molecular complexity index is 1110. The van der Waals surface area contributed by atoms with Crippen molar-refractivity contribution < 1.29 is 14.5 Å². The predicted molar refractivity (Wildman–Crippen MR) is 123 cm³/mol. The zero-order valence-corrected chi connectivity index (χ0v) is 18.4. The molecule has 1 aliphatic heterocycles. The monoisotopic (exact) mass is 415 g/mol. The lowest BCUT2D eigenvalue weighted by atomic mass is 9.86. The Morgan fingerprint density at radius 2 is 1.84 bits per heavy atom. The molecule has 5 rings (SSSR count). The minimum Gasteiger partial charge on any atom is -0.387 e. The van der Waals surface area contributed by atoms with E-state index in [9.17, 15) is 9.90 Å². The quantitative estimate of drug-likeness (QED) is 0.643. The minimum atomic E-state index is -0.733. The van der Waals surface area contributed by atoms with Crippen molar-refractivity contribution in [1.29, 1.82) is 0 Å². The lowest BCUT2D eigenvalue weighted by Crippen LogP contribution is -2.50. The van der Waals surface area contributed by atoms with Gasteiger partial charge in [0.1, 0.15) is 0 Å². The summed E-state index contributed by atoms with van der Waals surface area (Å²) < 4.78 is 1.66. The molecule has 4 heteroatoms. The van der Waals surface area contributed by atoms with Gasteiger partial charge in [0.25, 0.3) is 0 Å². The molecule has 3 aromatic rings. The molecule has 3 atom stereocenters. The molecule has 0 radical (unpaired) electrons. The van der Waals surface area contributed by atoms with Gasteiger partial charge < -0.3 is 10.0 Å². The van der Waals surface area contributed by atoms with Gasteiger partial charge >= 0.3 is 5.91 Å². The minimum absolute atomic E-state index is 0.0334. The second-order valence-electron chi connectivity index (χ2n) is 9.64. The van der Waals surface area contributed by atoms with Gasteiger partial charge in [0, 0.05) is 30.8 Å². The number of benzene rings is 2. The van der Waals surface area contributed by atoms with Crippen molar-refractivity contribution in [3.05, 3.63) is 72.6 Å². The molecule has 160 valence electrons. The third kappa shape index (κ3) is 3.63. The zero-order valence-electron chi connectivity index (χ0n) is 18.4. The molecule has 1 aliphatic carbocycles. The van der Waals surface area contributed by atoms with Crippen LogP contribution in [0.25, 0.3) is 10.8 Å². The van der Waals surface area contributed by atoms with E-state index < -0.39 is 5.60 Å². The van der Waals surface area contributed by atoms with Crippen LogP contribution < -0.4 is 9.47 Å². The smallest absolute Gasteiger partial charge is 0.387 e. The molecule has 2 aliphatic rings. The Labute approximate surface area is 184 Å². The van der Waals surface area contributed by atoms with Crippen molar-refractivity contribution in [1.82, 2.24) is 0 Å². The van der Waals surface area contributed by atoms with Gasteiger partial charge in [-0.15, -0.1) is 4.57 Å². The maximum absolute atomic E-state index is 12.3. The fourth-order valence-corrected chi connectivity index (χ4v) is 5.71. The summed E-state index contributed by atoms with van der Waals surface area (Å²) in [6.45, 7) is 4.79. The molecule has 2 heterocycles. The van der Waals surface area contributed by atoms with Gasteiger partial charge in [0.05, 0.1) is 17.6 Å². The average Bonchev–Trinajstić information content (AvgIpc) is 3.35. The molecule has 31 heavy (non-hydrogen) atoms. The number of aliphatic hydroxyl groups is 1. The molecule has 1 saturated carbocycles. The van der Waals surface area contributed by atoms with E-state index in [1.165, 1.54) is 16.3 Å². The first-order valence-electron chi connectivity index (χ1n) is 11.5. The van der Waals surface area contributed by atoms with Crippen molar-refractivity contribution in [3.8, 4) is 0 Å². The summed E-state index contributed by atoms with van der Waals surface area (Å²) >= 11 is 0.